The average Bonchev–Trinajstić information content (AvgIpc) is 3.16. The van der Waals surface area contributed by atoms with Crippen LogP contribution >= 0.6 is 11.3 Å². The van der Waals surface area contributed by atoms with Gasteiger partial charge in [-0.1, -0.05) is 12.1 Å². The van der Waals surface area contributed by atoms with Crippen LogP contribution in [-0.4, -0.2) is 17.6 Å². The molecule has 2 heterocycles. The summed E-state index contributed by atoms with van der Waals surface area (Å²) in [6.45, 7) is 3.88. The van der Waals surface area contributed by atoms with Gasteiger partial charge in [-0.3, -0.25) is 4.79 Å². The zero-order valence-corrected chi connectivity index (χ0v) is 13.9. The Morgan fingerprint density at radius 2 is 2.22 bits per heavy atom. The summed E-state index contributed by atoms with van der Waals surface area (Å²) in [5, 5.41) is 18.0. The Balaban J connectivity index is 1.65. The molecule has 1 amide bonds. The number of rotatable bonds is 5. The SMILES string of the molecule is Cc1ccc2c(CC(=O)NCC(C)(O)c3ccsc3)coc2c1. The molecule has 0 spiro atoms. The van der Waals surface area contributed by atoms with E-state index in [1.807, 2.05) is 41.9 Å². The lowest BCUT2D eigenvalue weighted by Gasteiger charge is -2.22. The van der Waals surface area contributed by atoms with Gasteiger partial charge in [-0.25, -0.2) is 0 Å². The molecule has 0 bridgehead atoms. The number of aryl methyl sites for hydroxylation is 1. The van der Waals surface area contributed by atoms with Crippen molar-refractivity contribution in [1.82, 2.24) is 5.32 Å². The smallest absolute Gasteiger partial charge is 0.224 e. The molecule has 0 saturated heterocycles. The molecule has 0 saturated carbocycles. The molecular weight excluding hydrogens is 310 g/mol. The van der Waals surface area contributed by atoms with Crippen molar-refractivity contribution in [2.24, 2.45) is 0 Å². The summed E-state index contributed by atoms with van der Waals surface area (Å²) in [7, 11) is 0. The van der Waals surface area contributed by atoms with Crippen LogP contribution in [0.5, 0.6) is 0 Å². The Morgan fingerprint density at radius 3 is 2.96 bits per heavy atom. The monoisotopic (exact) mass is 329 g/mol. The van der Waals surface area contributed by atoms with Crippen LogP contribution in [0.25, 0.3) is 11.0 Å². The molecule has 3 aromatic rings. The van der Waals surface area contributed by atoms with Crippen molar-refractivity contribution in [2.75, 3.05) is 6.54 Å². The molecule has 0 aliphatic carbocycles. The maximum Gasteiger partial charge on any atom is 0.224 e. The maximum absolute atomic E-state index is 12.2. The first kappa shape index (κ1) is 15.8. The quantitative estimate of drug-likeness (QED) is 0.754. The third-order valence-corrected chi connectivity index (χ3v) is 4.62. The van der Waals surface area contributed by atoms with Gasteiger partial charge in [0.2, 0.25) is 5.91 Å². The molecule has 1 aromatic carbocycles. The first-order valence-electron chi connectivity index (χ1n) is 7.44. The molecule has 0 fully saturated rings. The number of hydrogen-bond acceptors (Lipinski definition) is 4. The zero-order chi connectivity index (χ0) is 16.4. The fourth-order valence-corrected chi connectivity index (χ4v) is 3.29. The van der Waals surface area contributed by atoms with Gasteiger partial charge >= 0.3 is 0 Å². The molecule has 2 aromatic heterocycles. The van der Waals surface area contributed by atoms with E-state index in [1.54, 1.807) is 13.2 Å². The molecule has 2 N–H and O–H groups in total. The number of amides is 1. The Bertz CT molecular complexity index is 818. The van der Waals surface area contributed by atoms with E-state index >= 15 is 0 Å². The number of carbonyl (C=O) groups excluding carboxylic acids is 1. The standard InChI is InChI=1S/C18H19NO3S/c1-12-3-4-15-13(9-22-16(15)7-12)8-17(20)19-11-18(2,21)14-5-6-23-10-14/h3-7,9-10,21H,8,11H2,1-2H3,(H,19,20). The molecule has 120 valence electrons. The number of carbonyl (C=O) groups is 1. The minimum atomic E-state index is -1.06. The number of nitrogens with one attached hydrogen (secondary N) is 1. The molecule has 23 heavy (non-hydrogen) atoms. The summed E-state index contributed by atoms with van der Waals surface area (Å²) in [5.74, 6) is -0.135. The van der Waals surface area contributed by atoms with Crippen LogP contribution in [0.15, 0.2) is 45.7 Å². The Labute approximate surface area is 138 Å². The minimum Gasteiger partial charge on any atom is -0.464 e. The van der Waals surface area contributed by atoms with Crippen molar-refractivity contribution in [3.05, 3.63) is 58.0 Å². The van der Waals surface area contributed by atoms with Crippen molar-refractivity contribution in [1.29, 1.82) is 0 Å². The molecule has 0 aliphatic heterocycles. The van der Waals surface area contributed by atoms with Crippen LogP contribution in [-0.2, 0) is 16.8 Å². The largest absolute Gasteiger partial charge is 0.464 e. The summed E-state index contributed by atoms with van der Waals surface area (Å²) in [6.07, 6.45) is 1.86. The van der Waals surface area contributed by atoms with Crippen molar-refractivity contribution >= 4 is 28.2 Å². The van der Waals surface area contributed by atoms with Crippen LogP contribution in [0.4, 0.5) is 0 Å². The summed E-state index contributed by atoms with van der Waals surface area (Å²) in [4.78, 5) is 12.2. The predicted molar refractivity (Wildman–Crippen MR) is 91.6 cm³/mol. The van der Waals surface area contributed by atoms with Crippen LogP contribution in [0.3, 0.4) is 0 Å². The van der Waals surface area contributed by atoms with Gasteiger partial charge in [0.05, 0.1) is 19.2 Å². The van der Waals surface area contributed by atoms with Crippen molar-refractivity contribution in [3.8, 4) is 0 Å². The highest BCUT2D eigenvalue weighted by molar-refractivity contribution is 7.08. The first-order valence-corrected chi connectivity index (χ1v) is 8.38. The Hall–Kier alpha value is -2.11. The fourth-order valence-electron chi connectivity index (χ4n) is 2.51. The number of aliphatic hydroxyl groups is 1. The van der Waals surface area contributed by atoms with Gasteiger partial charge < -0.3 is 14.8 Å². The van der Waals surface area contributed by atoms with Crippen molar-refractivity contribution in [3.63, 3.8) is 0 Å². The fraction of sp³-hybridized carbons (Fsp3) is 0.278. The second-order valence-corrected chi connectivity index (χ2v) is 6.78. The van der Waals surface area contributed by atoms with E-state index in [0.717, 1.165) is 27.7 Å². The van der Waals surface area contributed by atoms with Crippen LogP contribution < -0.4 is 5.32 Å². The summed E-state index contributed by atoms with van der Waals surface area (Å²) < 4.78 is 5.51. The van der Waals surface area contributed by atoms with Gasteiger partial charge in [-0.15, -0.1) is 0 Å². The van der Waals surface area contributed by atoms with Gasteiger partial charge in [0.1, 0.15) is 11.2 Å². The molecule has 0 radical (unpaired) electrons. The third-order valence-electron chi connectivity index (χ3n) is 3.94. The first-order chi connectivity index (χ1) is 11.0. The lowest BCUT2D eigenvalue weighted by atomic mass is 9.99. The van der Waals surface area contributed by atoms with E-state index in [-0.39, 0.29) is 18.9 Å². The van der Waals surface area contributed by atoms with Gasteiger partial charge in [0, 0.05) is 10.9 Å². The maximum atomic E-state index is 12.2. The number of hydrogen-bond donors (Lipinski definition) is 2. The normalized spacial score (nSPS) is 13.9. The topological polar surface area (TPSA) is 62.5 Å². The second-order valence-electron chi connectivity index (χ2n) is 6.00. The lowest BCUT2D eigenvalue weighted by molar-refractivity contribution is -0.121. The highest BCUT2D eigenvalue weighted by atomic mass is 32.1. The van der Waals surface area contributed by atoms with Crippen molar-refractivity contribution in [2.45, 2.75) is 25.9 Å². The van der Waals surface area contributed by atoms with E-state index in [4.69, 9.17) is 4.42 Å². The number of benzene rings is 1. The van der Waals surface area contributed by atoms with E-state index in [1.165, 1.54) is 11.3 Å². The van der Waals surface area contributed by atoms with Crippen LogP contribution in [0.2, 0.25) is 0 Å². The van der Waals surface area contributed by atoms with Gasteiger partial charge in [-0.2, -0.15) is 11.3 Å². The van der Waals surface area contributed by atoms with Crippen LogP contribution in [0, 0.1) is 6.92 Å². The minimum absolute atomic E-state index is 0.135. The van der Waals surface area contributed by atoms with Gasteiger partial charge in [0.15, 0.2) is 0 Å². The van der Waals surface area contributed by atoms with E-state index in [9.17, 15) is 9.90 Å². The summed E-state index contributed by atoms with van der Waals surface area (Å²) in [6, 6.07) is 7.79. The lowest BCUT2D eigenvalue weighted by Crippen LogP contribution is -2.38. The Kier molecular flexibility index (Phi) is 4.24. The van der Waals surface area contributed by atoms with Gasteiger partial charge in [-0.05, 0) is 47.9 Å². The third kappa shape index (κ3) is 3.46. The molecular formula is C18H19NO3S. The zero-order valence-electron chi connectivity index (χ0n) is 13.1. The summed E-state index contributed by atoms with van der Waals surface area (Å²) in [5.41, 5.74) is 2.51. The molecule has 4 nitrogen and oxygen atoms in total. The second kappa shape index (κ2) is 6.18. The van der Waals surface area contributed by atoms with E-state index in [2.05, 4.69) is 5.32 Å². The van der Waals surface area contributed by atoms with E-state index < -0.39 is 5.60 Å². The van der Waals surface area contributed by atoms with Gasteiger partial charge in [0.25, 0.3) is 0 Å². The van der Waals surface area contributed by atoms with E-state index in [0.29, 0.717) is 0 Å². The molecule has 0 aliphatic rings. The molecule has 1 unspecified atom stereocenters. The molecule has 5 heteroatoms. The molecule has 3 rings (SSSR count). The van der Waals surface area contributed by atoms with Crippen LogP contribution in [0.1, 0.15) is 23.6 Å². The Morgan fingerprint density at radius 1 is 1.39 bits per heavy atom. The highest BCUT2D eigenvalue weighted by Crippen LogP contribution is 2.24. The number of furan rings is 1. The predicted octanol–water partition coefficient (Wildman–Crippen LogP) is 3.37. The summed E-state index contributed by atoms with van der Waals surface area (Å²) >= 11 is 1.52. The number of thiophene rings is 1. The highest BCUT2D eigenvalue weighted by Gasteiger charge is 2.24. The van der Waals surface area contributed by atoms with Crippen molar-refractivity contribution < 1.29 is 14.3 Å². The number of fused-ring (bicyclic) bond motifs is 1. The molecule has 1 atom stereocenters. The average molecular weight is 329 g/mol.